The Hall–Kier alpha value is -4.68. The highest BCUT2D eigenvalue weighted by atomic mass is 16.5. The fourth-order valence-electron chi connectivity index (χ4n) is 5.65. The number of aliphatic hydroxyl groups is 2. The van der Waals surface area contributed by atoms with Gasteiger partial charge in [-0.15, -0.1) is 0 Å². The summed E-state index contributed by atoms with van der Waals surface area (Å²) in [6.45, 7) is 0. The number of hydrogen-bond acceptors (Lipinski definition) is 11. The maximum atomic E-state index is 13.4. The van der Waals surface area contributed by atoms with Crippen molar-refractivity contribution in [2.24, 2.45) is 17.6 Å². The predicted octanol–water partition coefficient (Wildman–Crippen LogP) is 0.403. The van der Waals surface area contributed by atoms with Gasteiger partial charge in [-0.2, -0.15) is 0 Å². The van der Waals surface area contributed by atoms with Gasteiger partial charge >= 0.3 is 5.97 Å². The maximum Gasteiger partial charge on any atom is 0.310 e. The smallest absolute Gasteiger partial charge is 0.310 e. The molecule has 1 fully saturated rings. The largest absolute Gasteiger partial charge is 0.507 e. The zero-order valence-corrected chi connectivity index (χ0v) is 20.2. The number of rotatable bonds is 4. The number of Topliss-reactive ketones (excluding diaryl/α,β-unsaturated/α-hetero) is 2. The molecule has 12 nitrogen and oxygen atoms in total. The SMILES string of the molecule is NC(=O)C1C(=O)C[C@@H]2[C@@H](OC(=O)Cc3ccc(N)cc3)c3c(c(O)c4c(O)cccc4c3O)C(O)[C@]2(O)C1=O. The fourth-order valence-corrected chi connectivity index (χ4v) is 5.65. The highest BCUT2D eigenvalue weighted by Crippen LogP contribution is 2.60. The van der Waals surface area contributed by atoms with E-state index in [0.29, 0.717) is 11.3 Å². The summed E-state index contributed by atoms with van der Waals surface area (Å²) in [5.74, 6) is -10.4. The first kappa shape index (κ1) is 25.9. The van der Waals surface area contributed by atoms with Gasteiger partial charge in [0, 0.05) is 34.5 Å². The van der Waals surface area contributed by atoms with Crippen LogP contribution < -0.4 is 11.5 Å². The lowest BCUT2D eigenvalue weighted by molar-refractivity contribution is -0.200. The van der Waals surface area contributed by atoms with Crippen LogP contribution >= 0.6 is 0 Å². The zero-order valence-electron chi connectivity index (χ0n) is 20.2. The van der Waals surface area contributed by atoms with E-state index < -0.39 is 82.3 Å². The van der Waals surface area contributed by atoms with Crippen LogP contribution in [-0.4, -0.2) is 54.6 Å². The van der Waals surface area contributed by atoms with Gasteiger partial charge in [0.05, 0.1) is 11.8 Å². The van der Waals surface area contributed by atoms with E-state index in [0.717, 1.165) is 0 Å². The van der Waals surface area contributed by atoms with Gasteiger partial charge < -0.3 is 41.7 Å². The third kappa shape index (κ3) is 3.75. The lowest BCUT2D eigenvalue weighted by Crippen LogP contribution is -2.64. The molecule has 12 heteroatoms. The molecule has 1 amide bonds. The molecule has 0 saturated heterocycles. The van der Waals surface area contributed by atoms with Gasteiger partial charge in [-0.1, -0.05) is 24.3 Å². The van der Waals surface area contributed by atoms with E-state index in [1.54, 1.807) is 24.3 Å². The Morgan fingerprint density at radius 3 is 2.31 bits per heavy atom. The van der Waals surface area contributed by atoms with Gasteiger partial charge in [0.1, 0.15) is 29.5 Å². The van der Waals surface area contributed by atoms with Crippen molar-refractivity contribution < 1.29 is 49.4 Å². The number of nitrogen functional groups attached to an aromatic ring is 1. The number of aromatic hydroxyl groups is 3. The molecule has 2 aliphatic carbocycles. The molecule has 0 spiro atoms. The molecule has 0 aliphatic heterocycles. The van der Waals surface area contributed by atoms with Gasteiger partial charge in [-0.05, 0) is 23.8 Å². The van der Waals surface area contributed by atoms with Crippen LogP contribution in [0, 0.1) is 11.8 Å². The van der Waals surface area contributed by atoms with E-state index in [1.807, 2.05) is 0 Å². The number of amides is 1. The van der Waals surface area contributed by atoms with Crippen LogP contribution in [0.15, 0.2) is 42.5 Å². The van der Waals surface area contributed by atoms with Crippen LogP contribution in [0.4, 0.5) is 5.69 Å². The van der Waals surface area contributed by atoms with Crippen molar-refractivity contribution >= 4 is 39.9 Å². The second kappa shape index (κ2) is 8.96. The maximum absolute atomic E-state index is 13.4. The first-order valence-electron chi connectivity index (χ1n) is 11.9. The van der Waals surface area contributed by atoms with E-state index in [1.165, 1.54) is 18.2 Å². The van der Waals surface area contributed by atoms with Crippen molar-refractivity contribution in [1.29, 1.82) is 0 Å². The topological polar surface area (TPSA) is 231 Å². The lowest BCUT2D eigenvalue weighted by Gasteiger charge is -2.49. The summed E-state index contributed by atoms with van der Waals surface area (Å²) >= 11 is 0. The van der Waals surface area contributed by atoms with Crippen LogP contribution in [0.3, 0.4) is 0 Å². The van der Waals surface area contributed by atoms with Crippen molar-refractivity contribution in [3.63, 3.8) is 0 Å². The Kier molecular flexibility index (Phi) is 5.96. The molecule has 39 heavy (non-hydrogen) atoms. The van der Waals surface area contributed by atoms with Gasteiger partial charge in [0.25, 0.3) is 0 Å². The number of anilines is 1. The van der Waals surface area contributed by atoms with Gasteiger partial charge in [-0.25, -0.2) is 0 Å². The molecule has 5 rings (SSSR count). The summed E-state index contributed by atoms with van der Waals surface area (Å²) in [5, 5.41) is 55.3. The normalized spacial score (nSPS) is 26.1. The molecule has 0 radical (unpaired) electrons. The molecule has 1 saturated carbocycles. The fraction of sp³-hybridized carbons (Fsp3) is 0.259. The van der Waals surface area contributed by atoms with E-state index >= 15 is 0 Å². The third-order valence-electron chi connectivity index (χ3n) is 7.51. The molecule has 202 valence electrons. The molecule has 5 atom stereocenters. The molecule has 9 N–H and O–H groups in total. The standard InChI is InChI=1S/C27H24N2O10/c28-11-6-4-10(5-7-11)8-16(32)39-23-13-9-15(31)18(26(29)37)24(35)27(13,38)25(36)20-19(23)21(33)12-2-1-3-14(30)17(12)22(20)34/h1-7,13,18,23,25,30,33-34,36,38H,8-9,28H2,(H2,29,37)/t13-,18?,23-,25?,27-/m1/s1. The Morgan fingerprint density at radius 2 is 1.67 bits per heavy atom. The number of carbonyl (C=O) groups excluding carboxylic acids is 4. The van der Waals surface area contributed by atoms with Crippen LogP contribution in [-0.2, 0) is 30.3 Å². The van der Waals surface area contributed by atoms with E-state index in [2.05, 4.69) is 0 Å². The molecule has 3 aromatic carbocycles. The predicted molar refractivity (Wildman–Crippen MR) is 133 cm³/mol. The minimum absolute atomic E-state index is 0.0908. The first-order chi connectivity index (χ1) is 18.4. The Bertz CT molecular complexity index is 1570. The minimum atomic E-state index is -2.94. The minimum Gasteiger partial charge on any atom is -0.507 e. The Morgan fingerprint density at radius 1 is 1.00 bits per heavy atom. The summed E-state index contributed by atoms with van der Waals surface area (Å²) in [4.78, 5) is 51.2. The number of benzene rings is 3. The molecule has 2 aliphatic rings. The number of esters is 1. The number of primary amides is 1. The number of nitrogens with two attached hydrogens (primary N) is 2. The molecular formula is C27H24N2O10. The quantitative estimate of drug-likeness (QED) is 0.104. The van der Waals surface area contributed by atoms with Crippen molar-refractivity contribution in [3.05, 3.63) is 59.2 Å². The highest BCUT2D eigenvalue weighted by molar-refractivity contribution is 6.22. The Balaban J connectivity index is 1.72. The summed E-state index contributed by atoms with van der Waals surface area (Å²) in [7, 11) is 0. The highest BCUT2D eigenvalue weighted by Gasteiger charge is 2.66. The number of fused-ring (bicyclic) bond motifs is 3. The third-order valence-corrected chi connectivity index (χ3v) is 7.51. The van der Waals surface area contributed by atoms with Gasteiger partial charge in [-0.3, -0.25) is 19.2 Å². The average Bonchev–Trinajstić information content (AvgIpc) is 2.87. The summed E-state index contributed by atoms with van der Waals surface area (Å²) in [6.07, 6.45) is -5.09. The molecule has 0 heterocycles. The number of aliphatic hydroxyl groups excluding tert-OH is 1. The summed E-state index contributed by atoms with van der Waals surface area (Å²) in [5.41, 5.74) is 7.93. The van der Waals surface area contributed by atoms with Crippen molar-refractivity contribution in [2.75, 3.05) is 5.73 Å². The number of phenolic OH excluding ortho intramolecular Hbond substituents is 3. The number of phenols is 3. The molecule has 0 aromatic heterocycles. The summed E-state index contributed by atoms with van der Waals surface area (Å²) in [6, 6.07) is 10.1. The summed E-state index contributed by atoms with van der Waals surface area (Å²) < 4.78 is 5.65. The van der Waals surface area contributed by atoms with E-state index in [-0.39, 0.29) is 22.8 Å². The molecule has 2 unspecified atom stereocenters. The van der Waals surface area contributed by atoms with Crippen molar-refractivity contribution in [3.8, 4) is 17.2 Å². The van der Waals surface area contributed by atoms with Crippen LogP contribution in [0.5, 0.6) is 17.2 Å². The number of ether oxygens (including phenoxy) is 1. The zero-order chi connectivity index (χ0) is 28.4. The molecule has 3 aromatic rings. The van der Waals surface area contributed by atoms with E-state index in [9.17, 15) is 44.7 Å². The van der Waals surface area contributed by atoms with Crippen molar-refractivity contribution in [1.82, 2.24) is 0 Å². The molecule has 0 bridgehead atoms. The lowest BCUT2D eigenvalue weighted by atomic mass is 9.58. The van der Waals surface area contributed by atoms with Gasteiger partial charge in [0.15, 0.2) is 23.1 Å². The number of carbonyl (C=O) groups is 4. The first-order valence-corrected chi connectivity index (χ1v) is 11.9. The van der Waals surface area contributed by atoms with Crippen LogP contribution in [0.1, 0.15) is 35.3 Å². The second-order valence-corrected chi connectivity index (χ2v) is 9.76. The van der Waals surface area contributed by atoms with Gasteiger partial charge in [0.2, 0.25) is 5.91 Å². The number of ketones is 2. The Labute approximate surface area is 220 Å². The van der Waals surface area contributed by atoms with Crippen molar-refractivity contribution in [2.45, 2.75) is 30.7 Å². The van der Waals surface area contributed by atoms with Crippen LogP contribution in [0.25, 0.3) is 10.8 Å². The number of hydrogen-bond donors (Lipinski definition) is 7. The van der Waals surface area contributed by atoms with E-state index in [4.69, 9.17) is 16.2 Å². The average molecular weight is 536 g/mol. The van der Waals surface area contributed by atoms with Crippen LogP contribution in [0.2, 0.25) is 0 Å². The molecular weight excluding hydrogens is 512 g/mol. The monoisotopic (exact) mass is 536 g/mol. The second-order valence-electron chi connectivity index (χ2n) is 9.76.